The first-order valence-corrected chi connectivity index (χ1v) is 9.00. The van der Waals surface area contributed by atoms with Crippen molar-refractivity contribution >= 4 is 29.2 Å². The molecular weight excluding hydrogens is 360 g/mol. The van der Waals surface area contributed by atoms with E-state index in [1.807, 2.05) is 0 Å². The molecule has 28 heavy (non-hydrogen) atoms. The van der Waals surface area contributed by atoms with Crippen LogP contribution in [0, 0.1) is 12.8 Å². The van der Waals surface area contributed by atoms with E-state index in [2.05, 4.69) is 5.32 Å². The molecule has 1 aliphatic rings. The van der Waals surface area contributed by atoms with Crippen molar-refractivity contribution in [1.29, 1.82) is 0 Å². The average molecular weight is 382 g/mol. The number of hydrogen-bond acceptors (Lipinski definition) is 4. The minimum Gasteiger partial charge on any atom is -0.482 e. The third kappa shape index (κ3) is 4.49. The molecule has 2 amide bonds. The molecule has 0 atom stereocenters. The summed E-state index contributed by atoms with van der Waals surface area (Å²) in [5, 5.41) is 11.5. The molecule has 2 N–H and O–H groups in total. The molecule has 1 saturated carbocycles. The number of amides is 2. The smallest absolute Gasteiger partial charge is 0.341 e. The molecule has 0 radical (unpaired) electrons. The van der Waals surface area contributed by atoms with E-state index in [9.17, 15) is 14.4 Å². The van der Waals surface area contributed by atoms with Crippen LogP contribution >= 0.6 is 0 Å². The monoisotopic (exact) mass is 382 g/mol. The number of benzene rings is 2. The second-order valence-corrected chi connectivity index (χ2v) is 6.80. The van der Waals surface area contributed by atoms with Crippen LogP contribution in [0.3, 0.4) is 0 Å². The summed E-state index contributed by atoms with van der Waals surface area (Å²) < 4.78 is 5.14. The molecule has 2 aromatic rings. The lowest BCUT2D eigenvalue weighted by atomic mass is 10.1. The van der Waals surface area contributed by atoms with Crippen molar-refractivity contribution < 1.29 is 24.2 Å². The molecule has 0 saturated heterocycles. The van der Waals surface area contributed by atoms with Crippen LogP contribution in [0.5, 0.6) is 5.75 Å². The number of aryl methyl sites for hydroxylation is 1. The Hall–Kier alpha value is -3.35. The Kier molecular flexibility index (Phi) is 5.63. The van der Waals surface area contributed by atoms with Gasteiger partial charge < -0.3 is 20.1 Å². The van der Waals surface area contributed by atoms with Gasteiger partial charge >= 0.3 is 5.97 Å². The summed E-state index contributed by atoms with van der Waals surface area (Å²) in [6.07, 6.45) is 1.79. The van der Waals surface area contributed by atoms with Gasteiger partial charge in [0.15, 0.2) is 6.61 Å². The zero-order valence-electron chi connectivity index (χ0n) is 15.8. The molecule has 0 heterocycles. The first-order chi connectivity index (χ1) is 13.4. The largest absolute Gasteiger partial charge is 0.482 e. The maximum Gasteiger partial charge on any atom is 0.341 e. The van der Waals surface area contributed by atoms with Gasteiger partial charge in [-0.2, -0.15) is 0 Å². The highest BCUT2D eigenvalue weighted by molar-refractivity contribution is 6.11. The zero-order chi connectivity index (χ0) is 20.3. The van der Waals surface area contributed by atoms with Gasteiger partial charge in [-0.05, 0) is 55.7 Å². The molecule has 7 heteroatoms. The molecule has 146 valence electrons. The summed E-state index contributed by atoms with van der Waals surface area (Å²) in [6.45, 7) is 1.36. The molecule has 3 rings (SSSR count). The average Bonchev–Trinajstić information content (AvgIpc) is 3.52. The predicted octanol–water partition coefficient (Wildman–Crippen LogP) is 3.08. The van der Waals surface area contributed by atoms with Crippen LogP contribution in [0.15, 0.2) is 42.5 Å². The van der Waals surface area contributed by atoms with Crippen molar-refractivity contribution in [2.45, 2.75) is 19.8 Å². The lowest BCUT2D eigenvalue weighted by molar-refractivity contribution is -0.139. The van der Waals surface area contributed by atoms with E-state index in [-0.39, 0.29) is 17.7 Å². The summed E-state index contributed by atoms with van der Waals surface area (Å²) >= 11 is 0. The summed E-state index contributed by atoms with van der Waals surface area (Å²) in [6, 6.07) is 11.9. The first-order valence-electron chi connectivity index (χ1n) is 9.00. The van der Waals surface area contributed by atoms with Crippen molar-refractivity contribution in [3.05, 3.63) is 53.6 Å². The minimum absolute atomic E-state index is 0.0244. The van der Waals surface area contributed by atoms with E-state index < -0.39 is 12.6 Å². The summed E-state index contributed by atoms with van der Waals surface area (Å²) in [4.78, 5) is 37.4. The highest BCUT2D eigenvalue weighted by Crippen LogP contribution is 2.33. The van der Waals surface area contributed by atoms with Gasteiger partial charge in [0.2, 0.25) is 5.91 Å². The number of rotatable bonds is 7. The fourth-order valence-electron chi connectivity index (χ4n) is 2.88. The number of ether oxygens (including phenoxy) is 1. The molecule has 1 fully saturated rings. The Labute approximate surface area is 162 Å². The molecule has 0 bridgehead atoms. The standard InChI is InChI=1S/C21H22N2O5/c1-13-11-15(28-12-19(24)25)9-10-17(13)22-20(26)16-5-3-4-6-18(16)23(2)21(27)14-7-8-14/h3-6,9-11,14H,7-8,12H2,1-2H3,(H,22,26)(H,24,25). The maximum atomic E-state index is 12.8. The van der Waals surface area contributed by atoms with Crippen molar-refractivity contribution in [3.63, 3.8) is 0 Å². The number of carbonyl (C=O) groups is 3. The molecule has 0 spiro atoms. The van der Waals surface area contributed by atoms with Crippen LogP contribution in [0.2, 0.25) is 0 Å². The Morgan fingerprint density at radius 2 is 1.89 bits per heavy atom. The summed E-state index contributed by atoms with van der Waals surface area (Å²) in [7, 11) is 1.69. The normalized spacial score (nSPS) is 12.9. The number of nitrogens with zero attached hydrogens (tertiary/aromatic N) is 1. The number of carboxylic acid groups (broad SMARTS) is 1. The van der Waals surface area contributed by atoms with Crippen LogP contribution < -0.4 is 15.0 Å². The van der Waals surface area contributed by atoms with Crippen molar-refractivity contribution in [2.75, 3.05) is 23.9 Å². The van der Waals surface area contributed by atoms with E-state index in [1.54, 1.807) is 61.3 Å². The molecular formula is C21H22N2O5. The number of nitrogens with one attached hydrogen (secondary N) is 1. The Balaban J connectivity index is 1.76. The van der Waals surface area contributed by atoms with E-state index in [0.717, 1.165) is 18.4 Å². The van der Waals surface area contributed by atoms with E-state index in [0.29, 0.717) is 22.7 Å². The summed E-state index contributed by atoms with van der Waals surface area (Å²) in [5.41, 5.74) is 2.29. The van der Waals surface area contributed by atoms with Gasteiger partial charge in [0, 0.05) is 18.7 Å². The van der Waals surface area contributed by atoms with E-state index in [4.69, 9.17) is 9.84 Å². The van der Waals surface area contributed by atoms with Gasteiger partial charge in [-0.15, -0.1) is 0 Å². The highest BCUT2D eigenvalue weighted by atomic mass is 16.5. The molecule has 0 unspecified atom stereocenters. The van der Waals surface area contributed by atoms with Crippen LogP contribution in [-0.2, 0) is 9.59 Å². The number of anilines is 2. The Morgan fingerprint density at radius 3 is 2.54 bits per heavy atom. The van der Waals surface area contributed by atoms with Gasteiger partial charge in [-0.1, -0.05) is 12.1 Å². The number of carboxylic acids is 1. The molecule has 0 aromatic heterocycles. The molecule has 7 nitrogen and oxygen atoms in total. The van der Waals surface area contributed by atoms with Gasteiger partial charge in [-0.3, -0.25) is 9.59 Å². The van der Waals surface area contributed by atoms with Crippen LogP contribution in [0.4, 0.5) is 11.4 Å². The lowest BCUT2D eigenvalue weighted by Crippen LogP contribution is -2.30. The minimum atomic E-state index is -1.06. The van der Waals surface area contributed by atoms with Gasteiger partial charge in [0.05, 0.1) is 11.3 Å². The van der Waals surface area contributed by atoms with Gasteiger partial charge in [-0.25, -0.2) is 4.79 Å². The van der Waals surface area contributed by atoms with Crippen molar-refractivity contribution in [1.82, 2.24) is 0 Å². The van der Waals surface area contributed by atoms with Crippen molar-refractivity contribution in [2.24, 2.45) is 5.92 Å². The summed E-state index contributed by atoms with van der Waals surface area (Å²) in [5.74, 6) is -0.893. The topological polar surface area (TPSA) is 95.9 Å². The van der Waals surface area contributed by atoms with Crippen LogP contribution in [0.1, 0.15) is 28.8 Å². The molecule has 0 aliphatic heterocycles. The molecule has 2 aromatic carbocycles. The zero-order valence-corrected chi connectivity index (χ0v) is 15.8. The molecule has 1 aliphatic carbocycles. The second-order valence-electron chi connectivity index (χ2n) is 6.80. The number of para-hydroxylation sites is 1. The fourth-order valence-corrected chi connectivity index (χ4v) is 2.88. The first kappa shape index (κ1) is 19.4. The van der Waals surface area contributed by atoms with E-state index >= 15 is 0 Å². The number of aliphatic carboxylic acids is 1. The lowest BCUT2D eigenvalue weighted by Gasteiger charge is -2.20. The highest BCUT2D eigenvalue weighted by Gasteiger charge is 2.33. The number of hydrogen-bond donors (Lipinski definition) is 2. The van der Waals surface area contributed by atoms with Crippen LogP contribution in [-0.4, -0.2) is 36.5 Å². The Bertz CT molecular complexity index is 921. The van der Waals surface area contributed by atoms with Crippen molar-refractivity contribution in [3.8, 4) is 5.75 Å². The SMILES string of the molecule is Cc1cc(OCC(=O)O)ccc1NC(=O)c1ccccc1N(C)C(=O)C1CC1. The quantitative estimate of drug-likeness (QED) is 0.767. The van der Waals surface area contributed by atoms with Gasteiger partial charge in [0.25, 0.3) is 5.91 Å². The van der Waals surface area contributed by atoms with Crippen LogP contribution in [0.25, 0.3) is 0 Å². The number of carbonyl (C=O) groups excluding carboxylic acids is 2. The van der Waals surface area contributed by atoms with E-state index in [1.165, 1.54) is 0 Å². The second kappa shape index (κ2) is 8.12. The third-order valence-electron chi connectivity index (χ3n) is 4.58. The predicted molar refractivity (Wildman–Crippen MR) is 105 cm³/mol. The fraction of sp³-hybridized carbons (Fsp3) is 0.286. The maximum absolute atomic E-state index is 12.8. The third-order valence-corrected chi connectivity index (χ3v) is 4.58. The Morgan fingerprint density at radius 1 is 1.18 bits per heavy atom. The van der Waals surface area contributed by atoms with Gasteiger partial charge in [0.1, 0.15) is 5.75 Å².